The molecule has 0 saturated carbocycles. The molecule has 0 aromatic carbocycles. The van der Waals surface area contributed by atoms with E-state index in [0.29, 0.717) is 0 Å². The van der Waals surface area contributed by atoms with Gasteiger partial charge in [0.2, 0.25) is 0 Å². The first-order valence-corrected chi connectivity index (χ1v) is 4.28. The van der Waals surface area contributed by atoms with Crippen molar-refractivity contribution in [2.75, 3.05) is 5.75 Å². The molecule has 1 unspecified atom stereocenters. The number of hydrogen-bond donors (Lipinski definition) is 1. The molecule has 56 valence electrons. The van der Waals surface area contributed by atoms with Crippen molar-refractivity contribution >= 4 is 11.8 Å². The van der Waals surface area contributed by atoms with Crippen molar-refractivity contribution in [2.24, 2.45) is 0 Å². The molecule has 1 atom stereocenters. The second-order valence-electron chi connectivity index (χ2n) is 1.72. The Hall–Kier alpha value is -0.390. The number of thioether (sulfide) groups is 1. The van der Waals surface area contributed by atoms with E-state index in [-0.39, 0.29) is 0 Å². The maximum atomic E-state index is 8.69. The summed E-state index contributed by atoms with van der Waals surface area (Å²) in [6.45, 7) is 3.73. The molecule has 0 aliphatic heterocycles. The molecule has 10 heavy (non-hydrogen) atoms. The predicted molar refractivity (Wildman–Crippen MR) is 46.7 cm³/mol. The summed E-state index contributed by atoms with van der Waals surface area (Å²) in [5.74, 6) is 6.39. The molecule has 0 fully saturated rings. The summed E-state index contributed by atoms with van der Waals surface area (Å²) in [7, 11) is 0. The second-order valence-corrected chi connectivity index (χ2v) is 2.91. The molecule has 0 rings (SSSR count). The molecule has 0 spiro atoms. The van der Waals surface area contributed by atoms with Crippen LogP contribution in [0.2, 0.25) is 0 Å². The van der Waals surface area contributed by atoms with E-state index in [0.717, 1.165) is 5.75 Å². The Kier molecular flexibility index (Phi) is 6.46. The van der Waals surface area contributed by atoms with E-state index in [9.17, 15) is 0 Å². The van der Waals surface area contributed by atoms with Gasteiger partial charge in [0.1, 0.15) is 6.10 Å². The van der Waals surface area contributed by atoms with Gasteiger partial charge in [0.05, 0.1) is 0 Å². The fraction of sp³-hybridized carbons (Fsp3) is 0.500. The predicted octanol–water partition coefficient (Wildman–Crippen LogP) is 1.64. The summed E-state index contributed by atoms with van der Waals surface area (Å²) in [5.41, 5.74) is 0. The van der Waals surface area contributed by atoms with Crippen molar-refractivity contribution in [3.8, 4) is 11.8 Å². The number of aliphatic hydroxyl groups is 1. The highest BCUT2D eigenvalue weighted by Crippen LogP contribution is 1.98. The lowest BCUT2D eigenvalue weighted by Crippen LogP contribution is -1.91. The van der Waals surface area contributed by atoms with Gasteiger partial charge in [0.15, 0.2) is 0 Å². The zero-order chi connectivity index (χ0) is 7.82. The van der Waals surface area contributed by atoms with Crippen LogP contribution in [0, 0.1) is 11.8 Å². The van der Waals surface area contributed by atoms with E-state index >= 15 is 0 Å². The number of hydrogen-bond acceptors (Lipinski definition) is 2. The van der Waals surface area contributed by atoms with Gasteiger partial charge in [-0.2, -0.15) is 0 Å². The Labute approximate surface area is 66.5 Å². The topological polar surface area (TPSA) is 20.2 Å². The second kappa shape index (κ2) is 6.73. The molecule has 0 bridgehead atoms. The van der Waals surface area contributed by atoms with Gasteiger partial charge in [-0.3, -0.25) is 0 Å². The summed E-state index contributed by atoms with van der Waals surface area (Å²) in [6, 6.07) is 0. The fourth-order valence-electron chi connectivity index (χ4n) is 0.347. The van der Waals surface area contributed by atoms with Crippen LogP contribution in [0.25, 0.3) is 0 Å². The van der Waals surface area contributed by atoms with E-state index in [1.165, 1.54) is 0 Å². The van der Waals surface area contributed by atoms with E-state index in [1.54, 1.807) is 24.8 Å². The SMILES string of the molecule is CCSC=CC#CC(C)O. The van der Waals surface area contributed by atoms with Gasteiger partial charge in [-0.1, -0.05) is 18.8 Å². The summed E-state index contributed by atoms with van der Waals surface area (Å²) >= 11 is 1.70. The molecule has 0 aromatic rings. The highest BCUT2D eigenvalue weighted by atomic mass is 32.2. The maximum absolute atomic E-state index is 8.69. The minimum absolute atomic E-state index is 0.517. The molecule has 2 heteroatoms. The Morgan fingerprint density at radius 2 is 2.40 bits per heavy atom. The smallest absolute Gasteiger partial charge is 0.112 e. The Balaban J connectivity index is 3.44. The normalized spacial score (nSPS) is 12.7. The Bertz CT molecular complexity index is 150. The van der Waals surface area contributed by atoms with Crippen LogP contribution in [0.15, 0.2) is 11.5 Å². The molecule has 1 N–H and O–H groups in total. The number of aliphatic hydroxyl groups excluding tert-OH is 1. The Morgan fingerprint density at radius 3 is 2.90 bits per heavy atom. The first-order valence-electron chi connectivity index (χ1n) is 3.23. The Morgan fingerprint density at radius 1 is 1.70 bits per heavy atom. The average Bonchev–Trinajstić information content (AvgIpc) is 1.87. The van der Waals surface area contributed by atoms with Crippen LogP contribution >= 0.6 is 11.8 Å². The summed E-state index contributed by atoms with van der Waals surface area (Å²) < 4.78 is 0. The monoisotopic (exact) mass is 156 g/mol. The van der Waals surface area contributed by atoms with Crippen molar-refractivity contribution in [3.63, 3.8) is 0 Å². The van der Waals surface area contributed by atoms with Gasteiger partial charge < -0.3 is 5.11 Å². The zero-order valence-electron chi connectivity index (χ0n) is 6.29. The number of rotatable bonds is 2. The zero-order valence-corrected chi connectivity index (χ0v) is 7.11. The minimum Gasteiger partial charge on any atom is -0.381 e. The molecule has 0 aliphatic carbocycles. The highest BCUT2D eigenvalue weighted by molar-refractivity contribution is 8.02. The molecule has 0 amide bonds. The third-order valence-electron chi connectivity index (χ3n) is 0.706. The van der Waals surface area contributed by atoms with Gasteiger partial charge in [0.25, 0.3) is 0 Å². The molecule has 0 saturated heterocycles. The lowest BCUT2D eigenvalue weighted by molar-refractivity contribution is 0.253. The third-order valence-corrected chi connectivity index (χ3v) is 1.37. The van der Waals surface area contributed by atoms with Crippen LogP contribution in [0.3, 0.4) is 0 Å². The lowest BCUT2D eigenvalue weighted by atomic mass is 10.4. The van der Waals surface area contributed by atoms with Crippen LogP contribution < -0.4 is 0 Å². The highest BCUT2D eigenvalue weighted by Gasteiger charge is 1.79. The largest absolute Gasteiger partial charge is 0.381 e. The lowest BCUT2D eigenvalue weighted by Gasteiger charge is -1.84. The fourth-order valence-corrected chi connectivity index (χ4v) is 0.704. The molecule has 1 nitrogen and oxygen atoms in total. The molecule has 0 aliphatic rings. The van der Waals surface area contributed by atoms with Crippen LogP contribution in [0.4, 0.5) is 0 Å². The van der Waals surface area contributed by atoms with Gasteiger partial charge in [-0.25, -0.2) is 0 Å². The molecular weight excluding hydrogens is 144 g/mol. The van der Waals surface area contributed by atoms with E-state index < -0.39 is 6.10 Å². The van der Waals surface area contributed by atoms with Crippen molar-refractivity contribution in [2.45, 2.75) is 20.0 Å². The third kappa shape index (κ3) is 7.61. The van der Waals surface area contributed by atoms with Crippen molar-refractivity contribution in [1.82, 2.24) is 0 Å². The minimum atomic E-state index is -0.517. The summed E-state index contributed by atoms with van der Waals surface area (Å²) in [5, 5.41) is 10.6. The average molecular weight is 156 g/mol. The summed E-state index contributed by atoms with van der Waals surface area (Å²) in [4.78, 5) is 0. The van der Waals surface area contributed by atoms with Gasteiger partial charge in [-0.05, 0) is 24.2 Å². The maximum Gasteiger partial charge on any atom is 0.112 e. The van der Waals surface area contributed by atoms with Gasteiger partial charge >= 0.3 is 0 Å². The molecular formula is C8H12OS. The van der Waals surface area contributed by atoms with Crippen LogP contribution in [-0.2, 0) is 0 Å². The van der Waals surface area contributed by atoms with Crippen molar-refractivity contribution < 1.29 is 5.11 Å². The van der Waals surface area contributed by atoms with Crippen LogP contribution in [0.1, 0.15) is 13.8 Å². The first kappa shape index (κ1) is 9.61. The number of allylic oxidation sites excluding steroid dienone is 1. The summed E-state index contributed by atoms with van der Waals surface area (Å²) in [6.07, 6.45) is 1.23. The molecule has 0 aromatic heterocycles. The van der Waals surface area contributed by atoms with Gasteiger partial charge in [-0.15, -0.1) is 11.8 Å². The van der Waals surface area contributed by atoms with Gasteiger partial charge in [0, 0.05) is 0 Å². The van der Waals surface area contributed by atoms with Crippen LogP contribution in [0.5, 0.6) is 0 Å². The molecule has 0 heterocycles. The quantitative estimate of drug-likeness (QED) is 0.613. The van der Waals surface area contributed by atoms with E-state index in [2.05, 4.69) is 18.8 Å². The van der Waals surface area contributed by atoms with E-state index in [4.69, 9.17) is 5.11 Å². The molecule has 0 radical (unpaired) electrons. The van der Waals surface area contributed by atoms with Crippen molar-refractivity contribution in [1.29, 1.82) is 0 Å². The van der Waals surface area contributed by atoms with Crippen LogP contribution in [-0.4, -0.2) is 17.0 Å². The van der Waals surface area contributed by atoms with Crippen molar-refractivity contribution in [3.05, 3.63) is 11.5 Å². The van der Waals surface area contributed by atoms with E-state index in [1.807, 2.05) is 5.41 Å². The first-order chi connectivity index (χ1) is 4.77. The standard InChI is InChI=1S/C8H12OS/c1-3-10-7-5-4-6-8(2)9/h5,7-9H,3H2,1-2H3.